The number of nitrogens with zero attached hydrogens (tertiary/aromatic N) is 1. The summed E-state index contributed by atoms with van der Waals surface area (Å²) >= 11 is 7.17. The first-order valence-electron chi connectivity index (χ1n) is 6.09. The van der Waals surface area contributed by atoms with Crippen LogP contribution in [-0.2, 0) is 4.79 Å². The van der Waals surface area contributed by atoms with Crippen LogP contribution in [0.3, 0.4) is 0 Å². The summed E-state index contributed by atoms with van der Waals surface area (Å²) in [6.07, 6.45) is 1.46. The summed E-state index contributed by atoms with van der Waals surface area (Å²) in [6, 6.07) is 13.1. The molecule has 0 aromatic heterocycles. The molecule has 1 amide bonds. The molecule has 0 spiro atoms. The maximum atomic E-state index is 12.7. The molecule has 0 aliphatic heterocycles. The molecule has 0 saturated heterocycles. The molecule has 0 bridgehead atoms. The van der Waals surface area contributed by atoms with Gasteiger partial charge >= 0.3 is 0 Å². The normalized spacial score (nSPS) is 10.8. The molecule has 2 rings (SSSR count). The zero-order chi connectivity index (χ0) is 15.1. The summed E-state index contributed by atoms with van der Waals surface area (Å²) in [6.45, 7) is 0. The van der Waals surface area contributed by atoms with E-state index >= 15 is 0 Å². The van der Waals surface area contributed by atoms with Gasteiger partial charge < -0.3 is 0 Å². The molecule has 1 N–H and O–H groups in total. The standard InChI is InChI=1S/C15H12ClFN2OS/c16-12-3-7-14(8-4-12)21-10-15(20)19-18-9-11-1-5-13(17)6-2-11/h1-9H,10H2,(H,19,20). The van der Waals surface area contributed by atoms with E-state index in [9.17, 15) is 9.18 Å². The first-order valence-corrected chi connectivity index (χ1v) is 7.46. The average Bonchev–Trinajstić information content (AvgIpc) is 2.49. The van der Waals surface area contributed by atoms with Crippen LogP contribution in [0.15, 0.2) is 58.5 Å². The van der Waals surface area contributed by atoms with Crippen molar-refractivity contribution in [2.45, 2.75) is 4.90 Å². The van der Waals surface area contributed by atoms with E-state index in [1.54, 1.807) is 24.3 Å². The second kappa shape index (κ2) is 7.81. The number of halogens is 2. The second-order valence-electron chi connectivity index (χ2n) is 4.09. The van der Waals surface area contributed by atoms with E-state index < -0.39 is 0 Å². The van der Waals surface area contributed by atoms with Gasteiger partial charge in [0.1, 0.15) is 5.82 Å². The third-order valence-corrected chi connectivity index (χ3v) is 3.72. The number of amides is 1. The van der Waals surface area contributed by atoms with Gasteiger partial charge in [-0.15, -0.1) is 11.8 Å². The Morgan fingerprint density at radius 2 is 1.86 bits per heavy atom. The third-order valence-electron chi connectivity index (χ3n) is 2.46. The number of thioether (sulfide) groups is 1. The summed E-state index contributed by atoms with van der Waals surface area (Å²) in [7, 11) is 0. The summed E-state index contributed by atoms with van der Waals surface area (Å²) < 4.78 is 12.7. The van der Waals surface area contributed by atoms with Crippen LogP contribution in [0.2, 0.25) is 5.02 Å². The molecule has 0 atom stereocenters. The van der Waals surface area contributed by atoms with E-state index in [4.69, 9.17) is 11.6 Å². The summed E-state index contributed by atoms with van der Waals surface area (Å²) in [5, 5.41) is 4.48. The smallest absolute Gasteiger partial charge is 0.250 e. The number of carbonyl (C=O) groups is 1. The SMILES string of the molecule is O=C(CSc1ccc(Cl)cc1)NN=Cc1ccc(F)cc1. The van der Waals surface area contributed by atoms with Gasteiger partial charge in [-0.3, -0.25) is 4.79 Å². The highest BCUT2D eigenvalue weighted by Crippen LogP contribution is 2.19. The molecule has 2 aromatic rings. The number of rotatable bonds is 5. The number of hydrazone groups is 1. The van der Waals surface area contributed by atoms with Gasteiger partial charge in [0.25, 0.3) is 0 Å². The van der Waals surface area contributed by atoms with Crippen molar-refractivity contribution in [1.29, 1.82) is 0 Å². The quantitative estimate of drug-likeness (QED) is 0.518. The van der Waals surface area contributed by atoms with Crippen LogP contribution in [0, 0.1) is 5.82 Å². The van der Waals surface area contributed by atoms with E-state index in [0.717, 1.165) is 4.90 Å². The van der Waals surface area contributed by atoms with Crippen LogP contribution in [0.5, 0.6) is 0 Å². The average molecular weight is 323 g/mol. The van der Waals surface area contributed by atoms with E-state index in [2.05, 4.69) is 10.5 Å². The van der Waals surface area contributed by atoms with Crippen LogP contribution in [0.4, 0.5) is 4.39 Å². The fourth-order valence-electron chi connectivity index (χ4n) is 1.44. The summed E-state index contributed by atoms with van der Waals surface area (Å²) in [5.74, 6) is -0.272. The molecule has 21 heavy (non-hydrogen) atoms. The Kier molecular flexibility index (Phi) is 5.78. The van der Waals surface area contributed by atoms with Gasteiger partial charge in [0, 0.05) is 9.92 Å². The van der Waals surface area contributed by atoms with Crippen molar-refractivity contribution in [3.8, 4) is 0 Å². The van der Waals surface area contributed by atoms with Gasteiger partial charge in [-0.2, -0.15) is 5.10 Å². The van der Waals surface area contributed by atoms with Crippen molar-refractivity contribution in [2.24, 2.45) is 5.10 Å². The van der Waals surface area contributed by atoms with Gasteiger partial charge in [-0.25, -0.2) is 9.82 Å². The van der Waals surface area contributed by atoms with Crippen molar-refractivity contribution in [3.05, 3.63) is 64.9 Å². The Labute approximate surface area is 131 Å². The lowest BCUT2D eigenvalue weighted by atomic mass is 10.2. The van der Waals surface area contributed by atoms with E-state index in [1.165, 1.54) is 30.1 Å². The molecule has 0 aliphatic carbocycles. The largest absolute Gasteiger partial charge is 0.272 e. The molecule has 0 heterocycles. The number of carbonyl (C=O) groups excluding carboxylic acids is 1. The third kappa shape index (κ3) is 5.57. The van der Waals surface area contributed by atoms with Gasteiger partial charge in [0.05, 0.1) is 12.0 Å². The zero-order valence-electron chi connectivity index (χ0n) is 10.9. The van der Waals surface area contributed by atoms with Crippen molar-refractivity contribution < 1.29 is 9.18 Å². The van der Waals surface area contributed by atoms with E-state index in [0.29, 0.717) is 10.6 Å². The molecule has 0 radical (unpaired) electrons. The molecular formula is C15H12ClFN2OS. The van der Waals surface area contributed by atoms with Crippen molar-refractivity contribution >= 4 is 35.5 Å². The van der Waals surface area contributed by atoms with Crippen LogP contribution >= 0.6 is 23.4 Å². The van der Waals surface area contributed by atoms with Crippen molar-refractivity contribution in [1.82, 2.24) is 5.43 Å². The fourth-order valence-corrected chi connectivity index (χ4v) is 2.26. The first kappa shape index (κ1) is 15.5. The lowest BCUT2D eigenvalue weighted by Crippen LogP contribution is -2.19. The predicted molar refractivity (Wildman–Crippen MR) is 84.3 cm³/mol. The van der Waals surface area contributed by atoms with Crippen LogP contribution < -0.4 is 5.43 Å². The molecule has 0 aliphatic rings. The zero-order valence-corrected chi connectivity index (χ0v) is 12.5. The van der Waals surface area contributed by atoms with Crippen molar-refractivity contribution in [2.75, 3.05) is 5.75 Å². The van der Waals surface area contributed by atoms with Crippen molar-refractivity contribution in [3.63, 3.8) is 0 Å². The molecule has 2 aromatic carbocycles. The number of nitrogens with one attached hydrogen (secondary N) is 1. The van der Waals surface area contributed by atoms with Gasteiger partial charge in [-0.1, -0.05) is 23.7 Å². The Morgan fingerprint density at radius 1 is 1.19 bits per heavy atom. The van der Waals surface area contributed by atoms with Gasteiger partial charge in [0.15, 0.2) is 0 Å². The highest BCUT2D eigenvalue weighted by atomic mass is 35.5. The van der Waals surface area contributed by atoms with E-state index in [1.807, 2.05) is 12.1 Å². The number of benzene rings is 2. The highest BCUT2D eigenvalue weighted by molar-refractivity contribution is 8.00. The van der Waals surface area contributed by atoms with Gasteiger partial charge in [0.2, 0.25) is 5.91 Å². The molecule has 6 heteroatoms. The summed E-state index contributed by atoms with van der Waals surface area (Å²) in [4.78, 5) is 12.6. The molecule has 108 valence electrons. The molecule has 3 nitrogen and oxygen atoms in total. The Hall–Kier alpha value is -1.85. The highest BCUT2D eigenvalue weighted by Gasteiger charge is 2.01. The number of hydrogen-bond donors (Lipinski definition) is 1. The van der Waals surface area contributed by atoms with Gasteiger partial charge in [-0.05, 0) is 42.0 Å². The maximum absolute atomic E-state index is 12.7. The molecule has 0 unspecified atom stereocenters. The fraction of sp³-hybridized carbons (Fsp3) is 0.0667. The molecular weight excluding hydrogens is 311 g/mol. The Balaban J connectivity index is 1.77. The van der Waals surface area contributed by atoms with Crippen LogP contribution in [-0.4, -0.2) is 17.9 Å². The Bertz CT molecular complexity index is 629. The monoisotopic (exact) mass is 322 g/mol. The van der Waals surface area contributed by atoms with E-state index in [-0.39, 0.29) is 17.5 Å². The number of hydrogen-bond acceptors (Lipinski definition) is 3. The Morgan fingerprint density at radius 3 is 2.52 bits per heavy atom. The second-order valence-corrected chi connectivity index (χ2v) is 5.57. The lowest BCUT2D eigenvalue weighted by Gasteiger charge is -2.01. The molecule has 0 saturated carbocycles. The lowest BCUT2D eigenvalue weighted by molar-refractivity contribution is -0.118. The minimum Gasteiger partial charge on any atom is -0.272 e. The van der Waals surface area contributed by atoms with Crippen LogP contribution in [0.25, 0.3) is 0 Å². The summed E-state index contributed by atoms with van der Waals surface area (Å²) in [5.41, 5.74) is 3.13. The molecule has 0 fully saturated rings. The minimum atomic E-state index is -0.310. The predicted octanol–water partition coefficient (Wildman–Crippen LogP) is 3.72. The minimum absolute atomic E-state index is 0.215. The first-order chi connectivity index (χ1) is 10.1. The maximum Gasteiger partial charge on any atom is 0.250 e. The topological polar surface area (TPSA) is 41.5 Å². The van der Waals surface area contributed by atoms with Crippen LogP contribution in [0.1, 0.15) is 5.56 Å².